The van der Waals surface area contributed by atoms with E-state index in [9.17, 15) is 14.7 Å². The van der Waals surface area contributed by atoms with Crippen molar-refractivity contribution >= 4 is 39.0 Å². The van der Waals surface area contributed by atoms with Gasteiger partial charge in [0.2, 0.25) is 5.69 Å². The minimum atomic E-state index is -0.891. The van der Waals surface area contributed by atoms with Gasteiger partial charge in [-0.2, -0.15) is 0 Å². The monoisotopic (exact) mass is 438 g/mol. The second-order valence-corrected chi connectivity index (χ2v) is 7.84. The Labute approximate surface area is 180 Å². The van der Waals surface area contributed by atoms with Crippen molar-refractivity contribution in [2.45, 2.75) is 20.8 Å². The van der Waals surface area contributed by atoms with Gasteiger partial charge in [0.05, 0.1) is 23.1 Å². The number of esters is 1. The van der Waals surface area contributed by atoms with Gasteiger partial charge in [0.15, 0.2) is 5.95 Å². The molecule has 0 spiro atoms. The number of nitrogens with two attached hydrogens (primary N) is 1. The molecule has 0 radical (unpaired) electrons. The molecule has 4 aromatic rings. The highest BCUT2D eigenvalue weighted by atomic mass is 32.1. The number of ether oxygens (including phenoxy) is 1. The summed E-state index contributed by atoms with van der Waals surface area (Å²) in [5, 5.41) is 16.4. The molecule has 0 atom stereocenters. The first-order chi connectivity index (χ1) is 14.8. The number of hydrogen-bond donors (Lipinski definition) is 1. The van der Waals surface area contributed by atoms with Crippen LogP contribution in [0, 0.1) is 13.8 Å². The lowest BCUT2D eigenvalue weighted by atomic mass is 10.1. The van der Waals surface area contributed by atoms with E-state index in [0.717, 1.165) is 21.6 Å². The Hall–Kier alpha value is -3.79. The minimum absolute atomic E-state index is 0.0524. The highest BCUT2D eigenvalue weighted by molar-refractivity contribution is 7.21. The number of thiophene rings is 1. The Morgan fingerprint density at radius 3 is 2.65 bits per heavy atom. The molecule has 3 aromatic heterocycles. The van der Waals surface area contributed by atoms with Crippen LogP contribution in [0.1, 0.15) is 43.9 Å². The van der Waals surface area contributed by atoms with Crippen molar-refractivity contribution in [1.82, 2.24) is 10.3 Å². The molecule has 158 valence electrons. The first-order valence-electron chi connectivity index (χ1n) is 9.39. The van der Waals surface area contributed by atoms with Gasteiger partial charge in [0.1, 0.15) is 9.71 Å². The number of nitrogens with zero attached hydrogens (tertiary/aromatic N) is 3. The number of fused-ring (bicyclic) bond motifs is 1. The minimum Gasteiger partial charge on any atom is -0.539 e. The summed E-state index contributed by atoms with van der Waals surface area (Å²) in [7, 11) is 0. The van der Waals surface area contributed by atoms with Gasteiger partial charge >= 0.3 is 11.7 Å². The Morgan fingerprint density at radius 1 is 1.26 bits per heavy atom. The third-order valence-electron chi connectivity index (χ3n) is 4.63. The van der Waals surface area contributed by atoms with Gasteiger partial charge in [0, 0.05) is 23.2 Å². The van der Waals surface area contributed by atoms with Crippen LogP contribution >= 0.6 is 11.3 Å². The third kappa shape index (κ3) is 3.50. The smallest absolute Gasteiger partial charge is 0.338 e. The summed E-state index contributed by atoms with van der Waals surface area (Å²) in [4.78, 5) is 30.6. The lowest BCUT2D eigenvalue weighted by Gasteiger charge is -2.05. The summed E-state index contributed by atoms with van der Waals surface area (Å²) in [6.45, 7) is 5.52. The standard InChI is InChI=1S/C21H18N4O5S/c1-4-29-20(27)13-9-11(3)23-19-14(13)15(22)18(31-19)17(26)16-21(28)30-24-25(16)12-7-5-10(2)6-8-12/h5-9H,4H2,1-3H3,(H2-,22,24,26,28). The molecule has 0 unspecified atom stereocenters. The van der Waals surface area contributed by atoms with E-state index in [4.69, 9.17) is 15.0 Å². The largest absolute Gasteiger partial charge is 0.539 e. The van der Waals surface area contributed by atoms with Crippen LogP contribution in [0.15, 0.2) is 34.9 Å². The van der Waals surface area contributed by atoms with Crippen LogP contribution in [-0.4, -0.2) is 28.6 Å². The lowest BCUT2D eigenvalue weighted by molar-refractivity contribution is -0.672. The average Bonchev–Trinajstić information content (AvgIpc) is 3.28. The quantitative estimate of drug-likeness (QED) is 0.285. The number of anilines is 1. The van der Waals surface area contributed by atoms with Crippen LogP contribution in [0.2, 0.25) is 0 Å². The topological polar surface area (TPSA) is 135 Å². The van der Waals surface area contributed by atoms with E-state index in [1.54, 1.807) is 32.0 Å². The van der Waals surface area contributed by atoms with Crippen molar-refractivity contribution < 1.29 is 28.6 Å². The predicted molar refractivity (Wildman–Crippen MR) is 110 cm³/mol. The molecule has 2 N–H and O–H groups in total. The maximum absolute atomic E-state index is 13.3. The predicted octanol–water partition coefficient (Wildman–Crippen LogP) is 2.24. The van der Waals surface area contributed by atoms with Crippen LogP contribution in [0.3, 0.4) is 0 Å². The number of carbonyl (C=O) groups is 2. The molecule has 0 aliphatic carbocycles. The fourth-order valence-electron chi connectivity index (χ4n) is 3.19. The van der Waals surface area contributed by atoms with Crippen molar-refractivity contribution in [3.63, 3.8) is 0 Å². The molecule has 0 saturated heterocycles. The van der Waals surface area contributed by atoms with Gasteiger partial charge in [-0.3, -0.25) is 4.79 Å². The molecule has 9 nitrogen and oxygen atoms in total. The summed E-state index contributed by atoms with van der Waals surface area (Å²) in [5.74, 6) is -2.12. The van der Waals surface area contributed by atoms with Crippen LogP contribution in [0.5, 0.6) is 5.95 Å². The summed E-state index contributed by atoms with van der Waals surface area (Å²) in [6.07, 6.45) is 0. The zero-order valence-electron chi connectivity index (χ0n) is 17.0. The zero-order valence-corrected chi connectivity index (χ0v) is 17.8. The summed E-state index contributed by atoms with van der Waals surface area (Å²) < 4.78 is 11.0. The molecule has 4 rings (SSSR count). The van der Waals surface area contributed by atoms with E-state index in [2.05, 4.69) is 10.3 Å². The summed E-state index contributed by atoms with van der Waals surface area (Å²) in [6, 6.07) is 8.63. The van der Waals surface area contributed by atoms with Crippen LogP contribution < -0.4 is 15.5 Å². The molecule has 0 amide bonds. The number of rotatable bonds is 5. The molecule has 1 aromatic carbocycles. The molecule has 0 saturated carbocycles. The number of nitrogen functional groups attached to an aromatic ring is 1. The molecule has 0 bridgehead atoms. The first-order valence-corrected chi connectivity index (χ1v) is 10.2. The van der Waals surface area contributed by atoms with E-state index in [1.165, 1.54) is 0 Å². The number of hydrogen-bond acceptors (Lipinski definition) is 9. The number of ketones is 1. The number of aromatic nitrogens is 3. The SMILES string of the molecule is CCOC(=O)c1cc(C)nc2sc(C(=O)c3c([O-])on[n+]3-c3ccc(C)cc3)c(N)c12. The van der Waals surface area contributed by atoms with Gasteiger partial charge in [-0.25, -0.2) is 9.78 Å². The Balaban J connectivity index is 1.87. The summed E-state index contributed by atoms with van der Waals surface area (Å²) >= 11 is 0.994. The van der Waals surface area contributed by atoms with E-state index in [1.807, 2.05) is 19.1 Å². The van der Waals surface area contributed by atoms with Gasteiger partial charge in [-0.05, 0) is 31.5 Å². The van der Waals surface area contributed by atoms with E-state index >= 15 is 0 Å². The number of carbonyl (C=O) groups excluding carboxylic acids is 2. The number of benzene rings is 1. The van der Waals surface area contributed by atoms with Gasteiger partial charge < -0.3 is 20.1 Å². The number of aryl methyl sites for hydroxylation is 2. The van der Waals surface area contributed by atoms with E-state index < -0.39 is 17.7 Å². The third-order valence-corrected chi connectivity index (χ3v) is 5.73. The zero-order chi connectivity index (χ0) is 22.3. The first kappa shape index (κ1) is 20.5. The van der Waals surface area contributed by atoms with Crippen LogP contribution in [0.25, 0.3) is 15.9 Å². The maximum atomic E-state index is 13.3. The van der Waals surface area contributed by atoms with Crippen LogP contribution in [0.4, 0.5) is 5.69 Å². The van der Waals surface area contributed by atoms with Crippen molar-refractivity contribution in [3.05, 3.63) is 57.7 Å². The average molecular weight is 438 g/mol. The van der Waals surface area contributed by atoms with E-state index in [0.29, 0.717) is 21.6 Å². The Bertz CT molecular complexity index is 1320. The summed E-state index contributed by atoms with van der Waals surface area (Å²) in [5.41, 5.74) is 8.31. The second kappa shape index (κ2) is 7.80. The van der Waals surface area contributed by atoms with Gasteiger partial charge in [0.25, 0.3) is 5.78 Å². The highest BCUT2D eigenvalue weighted by Crippen LogP contribution is 2.37. The van der Waals surface area contributed by atoms with Crippen molar-refractivity contribution in [1.29, 1.82) is 0 Å². The van der Waals surface area contributed by atoms with Gasteiger partial charge in [-0.15, -0.1) is 11.3 Å². The molecule has 31 heavy (non-hydrogen) atoms. The van der Waals surface area contributed by atoms with E-state index in [-0.39, 0.29) is 28.4 Å². The fraction of sp³-hybridized carbons (Fsp3) is 0.190. The molecule has 10 heteroatoms. The van der Waals surface area contributed by atoms with Crippen molar-refractivity contribution in [2.24, 2.45) is 0 Å². The highest BCUT2D eigenvalue weighted by Gasteiger charge is 2.33. The Morgan fingerprint density at radius 2 is 1.97 bits per heavy atom. The second-order valence-electron chi connectivity index (χ2n) is 6.84. The maximum Gasteiger partial charge on any atom is 0.338 e. The fourth-order valence-corrected chi connectivity index (χ4v) is 4.30. The van der Waals surface area contributed by atoms with Crippen molar-refractivity contribution in [2.75, 3.05) is 12.3 Å². The Kier molecular flexibility index (Phi) is 5.15. The molecule has 0 aliphatic rings. The van der Waals surface area contributed by atoms with Crippen LogP contribution in [-0.2, 0) is 4.74 Å². The van der Waals surface area contributed by atoms with Gasteiger partial charge in [-0.1, -0.05) is 17.7 Å². The normalized spacial score (nSPS) is 11.1. The molecule has 0 aliphatic heterocycles. The molecule has 0 fully saturated rings. The molecule has 3 heterocycles. The molecular weight excluding hydrogens is 420 g/mol. The lowest BCUT2D eigenvalue weighted by Crippen LogP contribution is -2.39. The molecular formula is C21H18N4O5S. The number of pyridine rings is 1. The van der Waals surface area contributed by atoms with Crippen molar-refractivity contribution in [3.8, 4) is 11.6 Å².